The Morgan fingerprint density at radius 2 is 2.00 bits per heavy atom. The summed E-state index contributed by atoms with van der Waals surface area (Å²) in [5.74, 6) is 0. The Hall–Kier alpha value is -0.120. The van der Waals surface area contributed by atoms with Gasteiger partial charge in [0.15, 0.2) is 0 Å². The lowest BCUT2D eigenvalue weighted by molar-refractivity contribution is 0.0157. The minimum atomic E-state index is 0.475. The van der Waals surface area contributed by atoms with Gasteiger partial charge < -0.3 is 15.0 Å². The molecule has 1 N–H and O–H groups in total. The number of hydrogen-bond acceptors (Lipinski definition) is 3. The number of likely N-dealkylation sites (tertiary alicyclic amines) is 1. The van der Waals surface area contributed by atoms with Crippen molar-refractivity contribution in [2.24, 2.45) is 0 Å². The summed E-state index contributed by atoms with van der Waals surface area (Å²) in [7, 11) is 2.25. The van der Waals surface area contributed by atoms with Crippen molar-refractivity contribution in [1.29, 1.82) is 0 Å². The third-order valence-corrected chi connectivity index (χ3v) is 3.95. The van der Waals surface area contributed by atoms with Gasteiger partial charge >= 0.3 is 0 Å². The average Bonchev–Trinajstić information content (AvgIpc) is 2.33. The minimum absolute atomic E-state index is 0.475. The molecule has 2 aliphatic heterocycles. The quantitative estimate of drug-likeness (QED) is 0.788. The van der Waals surface area contributed by atoms with E-state index in [1.807, 2.05) is 0 Å². The van der Waals surface area contributed by atoms with Crippen molar-refractivity contribution in [2.75, 3.05) is 33.3 Å². The molecule has 0 bridgehead atoms. The second-order valence-corrected chi connectivity index (χ2v) is 5.28. The van der Waals surface area contributed by atoms with Gasteiger partial charge in [-0.05, 0) is 45.7 Å². The van der Waals surface area contributed by atoms with Crippen LogP contribution in [-0.2, 0) is 4.74 Å². The first kappa shape index (κ1) is 12.3. The van der Waals surface area contributed by atoms with Crippen LogP contribution in [0.2, 0.25) is 0 Å². The van der Waals surface area contributed by atoms with E-state index in [1.165, 1.54) is 45.1 Å². The van der Waals surface area contributed by atoms with Gasteiger partial charge in [0.25, 0.3) is 0 Å². The molecule has 94 valence electrons. The topological polar surface area (TPSA) is 24.5 Å². The highest BCUT2D eigenvalue weighted by molar-refractivity contribution is 4.77. The molecule has 3 nitrogen and oxygen atoms in total. The fraction of sp³-hybridized carbons (Fsp3) is 1.00. The number of piperidine rings is 1. The van der Waals surface area contributed by atoms with Gasteiger partial charge in [0.1, 0.15) is 0 Å². The number of nitrogens with one attached hydrogen (secondary N) is 1. The molecule has 2 saturated heterocycles. The molecular weight excluding hydrogens is 200 g/mol. The highest BCUT2D eigenvalue weighted by Crippen LogP contribution is 2.15. The summed E-state index contributed by atoms with van der Waals surface area (Å²) >= 11 is 0. The second kappa shape index (κ2) is 6.58. The van der Waals surface area contributed by atoms with Crippen molar-refractivity contribution in [3.63, 3.8) is 0 Å². The van der Waals surface area contributed by atoms with Crippen molar-refractivity contribution in [2.45, 2.75) is 50.7 Å². The van der Waals surface area contributed by atoms with E-state index in [4.69, 9.17) is 4.74 Å². The van der Waals surface area contributed by atoms with E-state index in [1.54, 1.807) is 0 Å². The van der Waals surface area contributed by atoms with Gasteiger partial charge in [-0.15, -0.1) is 0 Å². The molecule has 0 aromatic heterocycles. The maximum absolute atomic E-state index is 5.72. The molecular formula is C13H26N2O. The van der Waals surface area contributed by atoms with Crippen LogP contribution in [0.15, 0.2) is 0 Å². The lowest BCUT2D eigenvalue weighted by Gasteiger charge is -2.33. The van der Waals surface area contributed by atoms with Gasteiger partial charge in [0, 0.05) is 25.7 Å². The van der Waals surface area contributed by atoms with Crippen LogP contribution in [0.25, 0.3) is 0 Å². The molecule has 0 aliphatic carbocycles. The molecule has 2 aliphatic rings. The summed E-state index contributed by atoms with van der Waals surface area (Å²) in [5.41, 5.74) is 0. The van der Waals surface area contributed by atoms with Crippen molar-refractivity contribution < 1.29 is 4.74 Å². The summed E-state index contributed by atoms with van der Waals surface area (Å²) in [5, 5.41) is 3.59. The maximum Gasteiger partial charge on any atom is 0.0699 e. The van der Waals surface area contributed by atoms with E-state index in [0.29, 0.717) is 6.10 Å². The summed E-state index contributed by atoms with van der Waals surface area (Å²) in [6, 6.07) is 0.748. The molecule has 3 heteroatoms. The van der Waals surface area contributed by atoms with Crippen LogP contribution >= 0.6 is 0 Å². The fourth-order valence-electron chi connectivity index (χ4n) is 2.78. The first-order valence-corrected chi connectivity index (χ1v) is 6.89. The maximum atomic E-state index is 5.72. The average molecular weight is 226 g/mol. The third-order valence-electron chi connectivity index (χ3n) is 3.95. The van der Waals surface area contributed by atoms with Crippen LogP contribution in [0.5, 0.6) is 0 Å². The normalized spacial score (nSPS) is 32.8. The number of nitrogens with zero attached hydrogens (tertiary/aromatic N) is 1. The van der Waals surface area contributed by atoms with E-state index in [2.05, 4.69) is 17.3 Å². The summed E-state index contributed by atoms with van der Waals surface area (Å²) < 4.78 is 5.72. The van der Waals surface area contributed by atoms with E-state index in [0.717, 1.165) is 25.7 Å². The van der Waals surface area contributed by atoms with E-state index in [9.17, 15) is 0 Å². The third kappa shape index (κ3) is 3.72. The molecule has 0 amide bonds. The van der Waals surface area contributed by atoms with Gasteiger partial charge in [-0.2, -0.15) is 0 Å². The molecule has 0 aromatic rings. The Balaban J connectivity index is 1.59. The minimum Gasteiger partial charge on any atom is -0.377 e. The highest BCUT2D eigenvalue weighted by atomic mass is 16.5. The molecule has 2 fully saturated rings. The fourth-order valence-corrected chi connectivity index (χ4v) is 2.78. The number of ether oxygens (including phenoxy) is 1. The Bertz CT molecular complexity index is 192. The highest BCUT2D eigenvalue weighted by Gasteiger charge is 2.19. The second-order valence-electron chi connectivity index (χ2n) is 5.28. The van der Waals surface area contributed by atoms with Gasteiger partial charge in [0.05, 0.1) is 6.10 Å². The lowest BCUT2D eigenvalue weighted by Crippen LogP contribution is -2.45. The summed E-state index contributed by atoms with van der Waals surface area (Å²) in [6.07, 6.45) is 8.44. The molecule has 2 heterocycles. The van der Waals surface area contributed by atoms with Crippen LogP contribution in [0, 0.1) is 0 Å². The SMILES string of the molecule is CN1CCCCC1CNCC1CCCCO1. The lowest BCUT2D eigenvalue weighted by atomic mass is 10.0. The van der Waals surface area contributed by atoms with Gasteiger partial charge in [-0.25, -0.2) is 0 Å². The molecule has 16 heavy (non-hydrogen) atoms. The van der Waals surface area contributed by atoms with Crippen molar-refractivity contribution in [3.8, 4) is 0 Å². The Morgan fingerprint density at radius 1 is 1.12 bits per heavy atom. The Morgan fingerprint density at radius 3 is 2.75 bits per heavy atom. The van der Waals surface area contributed by atoms with Gasteiger partial charge in [0.2, 0.25) is 0 Å². The molecule has 2 atom stereocenters. The van der Waals surface area contributed by atoms with Crippen molar-refractivity contribution in [1.82, 2.24) is 10.2 Å². The molecule has 0 aromatic carbocycles. The first-order chi connectivity index (χ1) is 7.86. The standard InChI is InChI=1S/C13H26N2O/c1-15-8-4-2-6-12(15)10-14-11-13-7-3-5-9-16-13/h12-14H,2-11H2,1H3. The predicted octanol–water partition coefficient (Wildman–Crippen LogP) is 1.63. The van der Waals surface area contributed by atoms with E-state index in [-0.39, 0.29) is 0 Å². The molecule has 2 rings (SSSR count). The summed E-state index contributed by atoms with van der Waals surface area (Å²) in [4.78, 5) is 2.50. The molecule has 0 spiro atoms. The largest absolute Gasteiger partial charge is 0.377 e. The van der Waals surface area contributed by atoms with Crippen LogP contribution in [-0.4, -0.2) is 50.3 Å². The zero-order valence-corrected chi connectivity index (χ0v) is 10.6. The monoisotopic (exact) mass is 226 g/mol. The smallest absolute Gasteiger partial charge is 0.0699 e. The van der Waals surface area contributed by atoms with E-state index >= 15 is 0 Å². The zero-order chi connectivity index (χ0) is 11.2. The van der Waals surface area contributed by atoms with Crippen LogP contribution in [0.1, 0.15) is 38.5 Å². The Labute approximate surface area is 99.5 Å². The first-order valence-electron chi connectivity index (χ1n) is 6.89. The van der Waals surface area contributed by atoms with E-state index < -0.39 is 0 Å². The number of hydrogen-bond donors (Lipinski definition) is 1. The number of rotatable bonds is 4. The van der Waals surface area contributed by atoms with Crippen LogP contribution in [0.4, 0.5) is 0 Å². The molecule has 2 unspecified atom stereocenters. The zero-order valence-electron chi connectivity index (χ0n) is 10.6. The van der Waals surface area contributed by atoms with Crippen LogP contribution in [0.3, 0.4) is 0 Å². The summed E-state index contributed by atoms with van der Waals surface area (Å²) in [6.45, 7) is 4.42. The number of likely N-dealkylation sites (N-methyl/N-ethyl adjacent to an activating group) is 1. The van der Waals surface area contributed by atoms with Crippen LogP contribution < -0.4 is 5.32 Å². The molecule has 0 radical (unpaired) electrons. The van der Waals surface area contributed by atoms with Gasteiger partial charge in [-0.1, -0.05) is 6.42 Å². The predicted molar refractivity (Wildman–Crippen MR) is 66.7 cm³/mol. The Kier molecular flexibility index (Phi) is 5.07. The van der Waals surface area contributed by atoms with Crippen molar-refractivity contribution in [3.05, 3.63) is 0 Å². The van der Waals surface area contributed by atoms with Gasteiger partial charge in [-0.3, -0.25) is 0 Å². The van der Waals surface area contributed by atoms with Crippen molar-refractivity contribution >= 4 is 0 Å². The molecule has 0 saturated carbocycles.